The molecule has 0 aromatic rings. The fourth-order valence-corrected chi connectivity index (χ4v) is 2.91. The minimum absolute atomic E-state index is 0.264. The van der Waals surface area contributed by atoms with Crippen molar-refractivity contribution in [3.63, 3.8) is 0 Å². The molecule has 0 saturated carbocycles. The van der Waals surface area contributed by atoms with Crippen molar-refractivity contribution in [1.29, 1.82) is 0 Å². The Balaban J connectivity index is 3.02. The normalized spacial score (nSPS) is 11.3. The fourth-order valence-electron chi connectivity index (χ4n) is 2.91. The van der Waals surface area contributed by atoms with Gasteiger partial charge in [0.1, 0.15) is 6.61 Å². The van der Waals surface area contributed by atoms with Gasteiger partial charge in [-0.05, 0) is 6.42 Å². The summed E-state index contributed by atoms with van der Waals surface area (Å²) in [6.45, 7) is 13.5. The van der Waals surface area contributed by atoms with E-state index in [4.69, 9.17) is 47.4 Å². The second-order valence-corrected chi connectivity index (χ2v) is 8.27. The van der Waals surface area contributed by atoms with Crippen LogP contribution in [-0.4, -0.2) is 132 Å². The highest BCUT2D eigenvalue weighted by atomic mass is 16.6. The molecule has 0 radical (unpaired) electrons. The fraction of sp³-hybridized carbons (Fsp3) is 0.963. The molecule has 0 aliphatic carbocycles. The summed E-state index contributed by atoms with van der Waals surface area (Å²) < 4.78 is 53.6. The highest BCUT2D eigenvalue weighted by Crippen LogP contribution is 2.02. The number of carbonyl (C=O) groups is 1. The molecular formula is C27H54O11. The number of ether oxygens (including phenoxy) is 10. The van der Waals surface area contributed by atoms with Gasteiger partial charge in [0.15, 0.2) is 0 Å². The SMILES string of the molecule is CCCCCCCOCCOCCOCCOCCOCCOCCOCCOCCOCCOC(C)=O. The topological polar surface area (TPSA) is 109 Å². The summed E-state index contributed by atoms with van der Waals surface area (Å²) in [5, 5.41) is 0. The lowest BCUT2D eigenvalue weighted by molar-refractivity contribution is -0.142. The number of hydrogen-bond donors (Lipinski definition) is 0. The molecule has 11 heteroatoms. The van der Waals surface area contributed by atoms with Crippen molar-refractivity contribution in [2.75, 3.05) is 126 Å². The number of esters is 1. The predicted molar refractivity (Wildman–Crippen MR) is 143 cm³/mol. The molecule has 228 valence electrons. The first-order valence-corrected chi connectivity index (χ1v) is 14.1. The Bertz CT molecular complexity index is 455. The van der Waals surface area contributed by atoms with Crippen LogP contribution in [0, 0.1) is 0 Å². The van der Waals surface area contributed by atoms with E-state index >= 15 is 0 Å². The zero-order valence-corrected chi connectivity index (χ0v) is 24.0. The third-order valence-electron chi connectivity index (χ3n) is 4.90. The van der Waals surface area contributed by atoms with Crippen LogP contribution in [0.4, 0.5) is 0 Å². The third kappa shape index (κ3) is 35.1. The first-order chi connectivity index (χ1) is 18.8. The van der Waals surface area contributed by atoms with Crippen molar-refractivity contribution in [2.45, 2.75) is 46.0 Å². The maximum absolute atomic E-state index is 10.6. The van der Waals surface area contributed by atoms with Crippen LogP contribution < -0.4 is 0 Å². The zero-order valence-electron chi connectivity index (χ0n) is 24.0. The van der Waals surface area contributed by atoms with Crippen LogP contribution in [-0.2, 0) is 52.2 Å². The van der Waals surface area contributed by atoms with E-state index in [1.165, 1.54) is 32.6 Å². The molecule has 0 unspecified atom stereocenters. The lowest BCUT2D eigenvalue weighted by Gasteiger charge is -2.09. The first-order valence-electron chi connectivity index (χ1n) is 14.1. The molecule has 11 nitrogen and oxygen atoms in total. The quantitative estimate of drug-likeness (QED) is 0.0882. The Morgan fingerprint density at radius 2 is 0.632 bits per heavy atom. The van der Waals surface area contributed by atoms with E-state index < -0.39 is 0 Å². The molecule has 0 aromatic carbocycles. The summed E-state index contributed by atoms with van der Waals surface area (Å²) in [5.74, 6) is -0.306. The molecule has 0 spiro atoms. The van der Waals surface area contributed by atoms with E-state index in [-0.39, 0.29) is 12.6 Å². The average Bonchev–Trinajstić information content (AvgIpc) is 2.91. The maximum Gasteiger partial charge on any atom is 0.302 e. The molecule has 0 saturated heterocycles. The van der Waals surface area contributed by atoms with Gasteiger partial charge in [0.2, 0.25) is 0 Å². The van der Waals surface area contributed by atoms with Crippen LogP contribution in [0.3, 0.4) is 0 Å². The molecule has 0 aliphatic rings. The Morgan fingerprint density at radius 1 is 0.368 bits per heavy atom. The van der Waals surface area contributed by atoms with Gasteiger partial charge < -0.3 is 47.4 Å². The number of rotatable bonds is 33. The van der Waals surface area contributed by atoms with Crippen molar-refractivity contribution in [1.82, 2.24) is 0 Å². The standard InChI is InChI=1S/C27H54O11/c1-3-4-5-6-7-8-29-9-10-30-11-12-31-13-14-32-15-16-33-17-18-34-19-20-35-21-22-36-23-24-37-25-26-38-27(2)28/h3-26H2,1-2H3. The van der Waals surface area contributed by atoms with Gasteiger partial charge in [0.25, 0.3) is 0 Å². The number of unbranched alkanes of at least 4 members (excludes halogenated alkanes) is 4. The molecule has 0 heterocycles. The minimum atomic E-state index is -0.306. The Morgan fingerprint density at radius 3 is 0.921 bits per heavy atom. The zero-order chi connectivity index (χ0) is 27.6. The highest BCUT2D eigenvalue weighted by Gasteiger charge is 1.96. The Labute approximate surface area is 230 Å². The van der Waals surface area contributed by atoms with Crippen molar-refractivity contribution in [3.05, 3.63) is 0 Å². The van der Waals surface area contributed by atoms with Crippen LogP contribution in [0.2, 0.25) is 0 Å². The van der Waals surface area contributed by atoms with Crippen LogP contribution in [0.1, 0.15) is 46.0 Å². The first kappa shape index (κ1) is 37.1. The smallest absolute Gasteiger partial charge is 0.302 e. The van der Waals surface area contributed by atoms with Gasteiger partial charge in [-0.15, -0.1) is 0 Å². The lowest BCUT2D eigenvalue weighted by atomic mass is 10.2. The van der Waals surface area contributed by atoms with E-state index in [0.29, 0.717) is 112 Å². The van der Waals surface area contributed by atoms with E-state index in [2.05, 4.69) is 6.92 Å². The maximum atomic E-state index is 10.6. The average molecular weight is 555 g/mol. The number of carbonyl (C=O) groups excluding carboxylic acids is 1. The minimum Gasteiger partial charge on any atom is -0.463 e. The van der Waals surface area contributed by atoms with E-state index in [9.17, 15) is 4.79 Å². The van der Waals surface area contributed by atoms with Crippen molar-refractivity contribution in [2.24, 2.45) is 0 Å². The van der Waals surface area contributed by atoms with E-state index in [1.807, 2.05) is 0 Å². The Kier molecular flexibility index (Phi) is 33.3. The molecule has 0 atom stereocenters. The Hall–Kier alpha value is -0.890. The highest BCUT2D eigenvalue weighted by molar-refractivity contribution is 5.65. The molecule has 38 heavy (non-hydrogen) atoms. The molecular weight excluding hydrogens is 500 g/mol. The van der Waals surface area contributed by atoms with Crippen molar-refractivity contribution >= 4 is 5.97 Å². The van der Waals surface area contributed by atoms with Gasteiger partial charge in [-0.25, -0.2) is 0 Å². The summed E-state index contributed by atoms with van der Waals surface area (Å²) in [6.07, 6.45) is 6.28. The van der Waals surface area contributed by atoms with Gasteiger partial charge in [0, 0.05) is 13.5 Å². The second kappa shape index (κ2) is 34.1. The monoisotopic (exact) mass is 554 g/mol. The second-order valence-electron chi connectivity index (χ2n) is 8.27. The molecule has 0 rings (SSSR count). The van der Waals surface area contributed by atoms with Crippen LogP contribution in [0.15, 0.2) is 0 Å². The molecule has 0 aromatic heterocycles. The predicted octanol–water partition coefficient (Wildman–Crippen LogP) is 2.67. The molecule has 0 aliphatic heterocycles. The van der Waals surface area contributed by atoms with Crippen LogP contribution in [0.25, 0.3) is 0 Å². The summed E-state index contributed by atoms with van der Waals surface area (Å²) in [4.78, 5) is 10.6. The van der Waals surface area contributed by atoms with E-state index in [0.717, 1.165) is 13.0 Å². The van der Waals surface area contributed by atoms with Crippen molar-refractivity contribution in [3.8, 4) is 0 Å². The van der Waals surface area contributed by atoms with Gasteiger partial charge in [0.05, 0.1) is 112 Å². The molecule has 0 N–H and O–H groups in total. The van der Waals surface area contributed by atoms with Crippen LogP contribution >= 0.6 is 0 Å². The largest absolute Gasteiger partial charge is 0.463 e. The van der Waals surface area contributed by atoms with Gasteiger partial charge in [-0.3, -0.25) is 4.79 Å². The van der Waals surface area contributed by atoms with Gasteiger partial charge in [-0.1, -0.05) is 32.6 Å². The summed E-state index contributed by atoms with van der Waals surface area (Å²) in [5.41, 5.74) is 0. The van der Waals surface area contributed by atoms with Crippen molar-refractivity contribution < 1.29 is 52.2 Å². The van der Waals surface area contributed by atoms with Gasteiger partial charge >= 0.3 is 5.97 Å². The summed E-state index contributed by atoms with van der Waals surface area (Å²) in [7, 11) is 0. The summed E-state index contributed by atoms with van der Waals surface area (Å²) >= 11 is 0. The number of hydrogen-bond acceptors (Lipinski definition) is 11. The lowest BCUT2D eigenvalue weighted by Crippen LogP contribution is -2.15. The molecule has 0 amide bonds. The molecule has 0 fully saturated rings. The summed E-state index contributed by atoms with van der Waals surface area (Å²) in [6, 6.07) is 0. The van der Waals surface area contributed by atoms with E-state index in [1.54, 1.807) is 0 Å². The van der Waals surface area contributed by atoms with Crippen LogP contribution in [0.5, 0.6) is 0 Å². The van der Waals surface area contributed by atoms with Gasteiger partial charge in [-0.2, -0.15) is 0 Å². The third-order valence-corrected chi connectivity index (χ3v) is 4.90. The molecule has 0 bridgehead atoms.